The Morgan fingerprint density at radius 1 is 1.04 bits per heavy atom. The number of rotatable bonds is 8. The first-order valence-electron chi connectivity index (χ1n) is 9.45. The van der Waals surface area contributed by atoms with Crippen molar-refractivity contribution in [2.75, 3.05) is 0 Å². The van der Waals surface area contributed by atoms with E-state index in [1.165, 1.54) is 12.8 Å². The lowest BCUT2D eigenvalue weighted by atomic mass is 9.88. The summed E-state index contributed by atoms with van der Waals surface area (Å²) in [5.74, 6) is -0.446. The molecular weight excluding hydrogens is 336 g/mol. The highest BCUT2D eigenvalue weighted by Gasteiger charge is 2.26. The average molecular weight is 364 g/mol. The molecule has 2 unspecified atom stereocenters. The highest BCUT2D eigenvalue weighted by atomic mass is 17.5. The molecule has 6 nitrogen and oxygen atoms in total. The van der Waals surface area contributed by atoms with E-state index in [9.17, 15) is 9.59 Å². The largest absolute Gasteiger partial charge is 0.543 e. The molecule has 0 amide bonds. The molecule has 6 heteroatoms. The van der Waals surface area contributed by atoms with E-state index < -0.39 is 12.1 Å². The first kappa shape index (κ1) is 20.2. The van der Waals surface area contributed by atoms with Crippen LogP contribution < -0.4 is 0 Å². The monoisotopic (exact) mass is 364 g/mol. The first-order valence-corrected chi connectivity index (χ1v) is 9.45. The summed E-state index contributed by atoms with van der Waals surface area (Å²) >= 11 is 0. The van der Waals surface area contributed by atoms with Gasteiger partial charge in [0.2, 0.25) is 0 Å². The number of unbranched alkanes of at least 4 members (excludes halogenated alkanes) is 2. The van der Waals surface area contributed by atoms with Crippen molar-refractivity contribution in [2.24, 2.45) is 5.92 Å². The molecule has 1 saturated carbocycles. The minimum absolute atomic E-state index is 0.184. The molecule has 1 fully saturated rings. The van der Waals surface area contributed by atoms with Gasteiger partial charge in [-0.3, -0.25) is 4.89 Å². The van der Waals surface area contributed by atoms with Gasteiger partial charge in [0.05, 0.1) is 10.6 Å². The van der Waals surface area contributed by atoms with Crippen LogP contribution in [0.4, 0.5) is 4.79 Å². The standard InChI is InChI=1S/C20H28O6/c1-3-4-5-9-16-11-13-17(14-12-16)19(21)24-26-25-20(22)23-18-10-7-6-8-15(18)2/h11-15,18H,3-10H2,1-2H3. The summed E-state index contributed by atoms with van der Waals surface area (Å²) in [7, 11) is 0. The molecule has 0 radical (unpaired) electrons. The van der Waals surface area contributed by atoms with Gasteiger partial charge >= 0.3 is 12.1 Å². The van der Waals surface area contributed by atoms with Crippen LogP contribution in [0.1, 0.15) is 74.7 Å². The predicted molar refractivity (Wildman–Crippen MR) is 95.2 cm³/mol. The van der Waals surface area contributed by atoms with Crippen molar-refractivity contribution in [2.45, 2.75) is 71.3 Å². The van der Waals surface area contributed by atoms with Crippen molar-refractivity contribution < 1.29 is 29.1 Å². The summed E-state index contributed by atoms with van der Waals surface area (Å²) in [5.41, 5.74) is 1.49. The first-order chi connectivity index (χ1) is 12.6. The van der Waals surface area contributed by atoms with Gasteiger partial charge in [-0.2, -0.15) is 0 Å². The highest BCUT2D eigenvalue weighted by Crippen LogP contribution is 2.26. The summed E-state index contributed by atoms with van der Waals surface area (Å²) in [6.45, 7) is 4.19. The van der Waals surface area contributed by atoms with Gasteiger partial charge in [0, 0.05) is 0 Å². The molecule has 2 atom stereocenters. The van der Waals surface area contributed by atoms with Gasteiger partial charge in [-0.05, 0) is 55.7 Å². The van der Waals surface area contributed by atoms with Crippen molar-refractivity contribution >= 4 is 12.1 Å². The summed E-state index contributed by atoms with van der Waals surface area (Å²) in [6, 6.07) is 7.08. The maximum Gasteiger partial charge on any atom is 0.543 e. The minimum atomic E-state index is -0.997. The average Bonchev–Trinajstić information content (AvgIpc) is 2.64. The fourth-order valence-corrected chi connectivity index (χ4v) is 3.11. The Balaban J connectivity index is 1.68. The Hall–Kier alpha value is -2.08. The number of aryl methyl sites for hydroxylation is 1. The van der Waals surface area contributed by atoms with Crippen LogP contribution in [0.2, 0.25) is 0 Å². The second-order valence-electron chi connectivity index (χ2n) is 6.84. The maximum absolute atomic E-state index is 11.9. The number of hydrogen-bond acceptors (Lipinski definition) is 6. The van der Waals surface area contributed by atoms with Crippen molar-refractivity contribution in [3.63, 3.8) is 0 Å². The third-order valence-electron chi connectivity index (χ3n) is 4.75. The lowest BCUT2D eigenvalue weighted by Gasteiger charge is -2.27. The predicted octanol–water partition coefficient (Wildman–Crippen LogP) is 5.15. The van der Waals surface area contributed by atoms with Crippen LogP contribution in [-0.4, -0.2) is 18.2 Å². The summed E-state index contributed by atoms with van der Waals surface area (Å²) in [5, 5.41) is 4.27. The third kappa shape index (κ3) is 6.67. The minimum Gasteiger partial charge on any atom is -0.429 e. The van der Waals surface area contributed by atoms with Crippen LogP contribution in [0.25, 0.3) is 0 Å². The van der Waals surface area contributed by atoms with Crippen LogP contribution in [0.15, 0.2) is 24.3 Å². The molecule has 2 rings (SSSR count). The van der Waals surface area contributed by atoms with Crippen molar-refractivity contribution in [1.82, 2.24) is 0 Å². The summed E-state index contributed by atoms with van der Waals surface area (Å²) in [6.07, 6.45) is 7.26. The van der Waals surface area contributed by atoms with Crippen molar-refractivity contribution in [3.8, 4) is 0 Å². The van der Waals surface area contributed by atoms with Crippen molar-refractivity contribution in [1.29, 1.82) is 0 Å². The molecule has 0 bridgehead atoms. The van der Waals surface area contributed by atoms with Crippen LogP contribution in [-0.2, 0) is 26.0 Å². The van der Waals surface area contributed by atoms with Gasteiger partial charge in [0.1, 0.15) is 6.10 Å². The number of benzene rings is 1. The van der Waals surface area contributed by atoms with E-state index in [-0.39, 0.29) is 12.0 Å². The van der Waals surface area contributed by atoms with Crippen LogP contribution >= 0.6 is 0 Å². The lowest BCUT2D eigenvalue weighted by Crippen LogP contribution is -2.28. The lowest BCUT2D eigenvalue weighted by molar-refractivity contribution is -0.453. The molecule has 0 heterocycles. The molecule has 0 spiro atoms. The Bertz CT molecular complexity index is 568. The van der Waals surface area contributed by atoms with Gasteiger partial charge in [0.25, 0.3) is 0 Å². The number of carbonyl (C=O) groups is 2. The summed E-state index contributed by atoms with van der Waals surface area (Å²) < 4.78 is 5.18. The van der Waals surface area contributed by atoms with E-state index in [1.54, 1.807) is 12.1 Å². The van der Waals surface area contributed by atoms with E-state index in [0.29, 0.717) is 5.56 Å². The van der Waals surface area contributed by atoms with Gasteiger partial charge in [-0.1, -0.05) is 45.2 Å². The number of hydrogen-bond donors (Lipinski definition) is 0. The normalized spacial score (nSPS) is 19.6. The molecule has 0 saturated heterocycles. The molecule has 0 aliphatic heterocycles. The van der Waals surface area contributed by atoms with Crippen LogP contribution in [0.5, 0.6) is 0 Å². The fraction of sp³-hybridized carbons (Fsp3) is 0.600. The molecular formula is C20H28O6. The van der Waals surface area contributed by atoms with E-state index in [2.05, 4.69) is 21.7 Å². The maximum atomic E-state index is 11.9. The molecule has 144 valence electrons. The second kappa shape index (κ2) is 10.8. The zero-order valence-electron chi connectivity index (χ0n) is 15.6. The quantitative estimate of drug-likeness (QED) is 0.275. The highest BCUT2D eigenvalue weighted by molar-refractivity contribution is 5.88. The van der Waals surface area contributed by atoms with Crippen LogP contribution in [0.3, 0.4) is 0 Å². The smallest absolute Gasteiger partial charge is 0.429 e. The molecule has 26 heavy (non-hydrogen) atoms. The molecule has 1 aliphatic rings. The van der Waals surface area contributed by atoms with Gasteiger partial charge < -0.3 is 4.74 Å². The van der Waals surface area contributed by atoms with Crippen molar-refractivity contribution in [3.05, 3.63) is 35.4 Å². The summed E-state index contributed by atoms with van der Waals surface area (Å²) in [4.78, 5) is 32.3. The zero-order valence-corrected chi connectivity index (χ0v) is 15.6. The van der Waals surface area contributed by atoms with Gasteiger partial charge in [0.15, 0.2) is 0 Å². The molecule has 1 aromatic carbocycles. The Morgan fingerprint density at radius 2 is 1.77 bits per heavy atom. The van der Waals surface area contributed by atoms with Gasteiger partial charge in [-0.15, -0.1) is 0 Å². The SMILES string of the molecule is CCCCCc1ccc(C(=O)OOOC(=O)OC2CCCCC2C)cc1. The van der Waals surface area contributed by atoms with Gasteiger partial charge in [-0.25, -0.2) is 14.5 Å². The molecule has 0 aromatic heterocycles. The fourth-order valence-electron chi connectivity index (χ4n) is 3.11. The van der Waals surface area contributed by atoms with Crippen LogP contribution in [0, 0.1) is 5.92 Å². The zero-order chi connectivity index (χ0) is 18.8. The Morgan fingerprint density at radius 3 is 2.46 bits per heavy atom. The Labute approximate surface area is 154 Å². The number of ether oxygens (including phenoxy) is 1. The topological polar surface area (TPSA) is 71.1 Å². The van der Waals surface area contributed by atoms with E-state index in [1.807, 2.05) is 19.1 Å². The van der Waals surface area contributed by atoms with E-state index in [0.717, 1.165) is 44.1 Å². The molecule has 1 aliphatic carbocycles. The molecule has 0 N–H and O–H groups in total. The number of carbonyl (C=O) groups excluding carboxylic acids is 2. The Kier molecular flexibility index (Phi) is 8.41. The molecule has 1 aromatic rings. The van der Waals surface area contributed by atoms with E-state index in [4.69, 9.17) is 4.74 Å². The van der Waals surface area contributed by atoms with E-state index >= 15 is 0 Å². The second-order valence-corrected chi connectivity index (χ2v) is 6.84. The third-order valence-corrected chi connectivity index (χ3v) is 4.75.